The predicted molar refractivity (Wildman–Crippen MR) is 118 cm³/mol. The molecule has 2 saturated carbocycles. The van der Waals surface area contributed by atoms with Crippen molar-refractivity contribution in [2.45, 2.75) is 75.0 Å². The van der Waals surface area contributed by atoms with Crippen molar-refractivity contribution in [3.05, 3.63) is 28.8 Å². The molecule has 2 bridgehead atoms. The van der Waals surface area contributed by atoms with Crippen LogP contribution in [0.25, 0.3) is 0 Å². The van der Waals surface area contributed by atoms with Gasteiger partial charge in [-0.3, -0.25) is 14.4 Å². The molecule has 2 fully saturated rings. The summed E-state index contributed by atoms with van der Waals surface area (Å²) >= 11 is 0. The molecule has 0 saturated heterocycles. The van der Waals surface area contributed by atoms with Gasteiger partial charge in [-0.2, -0.15) is 0 Å². The predicted octanol–water partition coefficient (Wildman–Crippen LogP) is 1.79. The second-order valence-electron chi connectivity index (χ2n) is 9.96. The molecule has 9 heteroatoms. The average molecular weight is 461 g/mol. The van der Waals surface area contributed by atoms with Crippen LogP contribution >= 0.6 is 0 Å². The molecule has 1 aromatic rings. The Hall–Kier alpha value is -2.65. The van der Waals surface area contributed by atoms with Crippen LogP contribution in [0, 0.1) is 11.8 Å². The fourth-order valence-electron chi connectivity index (χ4n) is 7.16. The number of nitrogens with one attached hydrogen (secondary N) is 1. The summed E-state index contributed by atoms with van der Waals surface area (Å²) in [6, 6.07) is 1.93. The maximum absolute atomic E-state index is 12.0. The number of nitrogens with two attached hydrogens (primary N) is 1. The molecule has 6 N–H and O–H groups in total. The van der Waals surface area contributed by atoms with Gasteiger partial charge in [0.05, 0.1) is 17.6 Å². The van der Waals surface area contributed by atoms with Crippen molar-refractivity contribution in [2.75, 3.05) is 7.11 Å². The molecule has 0 radical (unpaired) electrons. The van der Waals surface area contributed by atoms with Crippen molar-refractivity contribution in [3.8, 4) is 5.75 Å². The molecule has 0 aliphatic heterocycles. The van der Waals surface area contributed by atoms with Gasteiger partial charge in [0.25, 0.3) is 5.91 Å². The maximum atomic E-state index is 12.0. The number of hydrogen-bond acceptors (Lipinski definition) is 6. The van der Waals surface area contributed by atoms with Crippen LogP contribution in [0.15, 0.2) is 12.1 Å². The third-order valence-corrected chi connectivity index (χ3v) is 8.51. The van der Waals surface area contributed by atoms with E-state index in [2.05, 4.69) is 12.2 Å². The highest BCUT2D eigenvalue weighted by atomic mass is 16.5. The number of carboxylic acids is 2. The highest BCUT2D eigenvalue weighted by Crippen LogP contribution is 2.65. The van der Waals surface area contributed by atoms with Gasteiger partial charge in [-0.15, -0.1) is 0 Å². The summed E-state index contributed by atoms with van der Waals surface area (Å²) < 4.78 is 6.32. The zero-order valence-electron chi connectivity index (χ0n) is 19.0. The monoisotopic (exact) mass is 460 g/mol. The highest BCUT2D eigenvalue weighted by Gasteiger charge is 2.66. The van der Waals surface area contributed by atoms with Crippen molar-refractivity contribution < 1.29 is 34.4 Å². The van der Waals surface area contributed by atoms with E-state index in [1.807, 2.05) is 6.07 Å². The van der Waals surface area contributed by atoms with Crippen LogP contribution in [0.3, 0.4) is 0 Å². The first kappa shape index (κ1) is 23.5. The number of aromatic hydroxyl groups is 1. The standard InChI is InChI=1S/C24H32N2O7/c1-12-5-7-23-11-14(26-17(22(31)32)10-18(27)28)6-8-24(23,33-2)16(12)9-13-3-4-15(21(25)30)20(29)19(13)23/h3-4,12,14,16-17,26,29H,5-11H2,1-2H3,(H2,25,30)(H,27,28)(H,31,32)/t12?,14-,16+,17?,23-,24-/m1/s1. The first-order valence-electron chi connectivity index (χ1n) is 11.5. The van der Waals surface area contributed by atoms with Gasteiger partial charge >= 0.3 is 11.9 Å². The van der Waals surface area contributed by atoms with Crippen molar-refractivity contribution in [3.63, 3.8) is 0 Å². The van der Waals surface area contributed by atoms with E-state index in [-0.39, 0.29) is 23.3 Å². The Kier molecular flexibility index (Phi) is 5.90. The molecule has 180 valence electrons. The van der Waals surface area contributed by atoms with Crippen molar-refractivity contribution in [1.29, 1.82) is 0 Å². The smallest absolute Gasteiger partial charge is 0.321 e. The molecule has 3 aliphatic rings. The van der Waals surface area contributed by atoms with Gasteiger partial charge in [0.1, 0.15) is 11.8 Å². The molecule has 1 amide bonds. The number of rotatable bonds is 7. The number of benzene rings is 1. The Morgan fingerprint density at radius 1 is 1.24 bits per heavy atom. The van der Waals surface area contributed by atoms with Gasteiger partial charge in [0.15, 0.2) is 0 Å². The van der Waals surface area contributed by atoms with E-state index >= 15 is 0 Å². The number of ether oxygens (including phenoxy) is 1. The van der Waals surface area contributed by atoms with E-state index in [9.17, 15) is 24.6 Å². The van der Waals surface area contributed by atoms with Crippen LogP contribution in [0.1, 0.15) is 66.9 Å². The maximum Gasteiger partial charge on any atom is 0.321 e. The topological polar surface area (TPSA) is 159 Å². The molecule has 2 unspecified atom stereocenters. The Morgan fingerprint density at radius 2 is 1.97 bits per heavy atom. The van der Waals surface area contributed by atoms with Gasteiger partial charge in [-0.05, 0) is 62.0 Å². The first-order valence-corrected chi connectivity index (χ1v) is 11.5. The van der Waals surface area contributed by atoms with Crippen LogP contribution in [-0.2, 0) is 26.2 Å². The summed E-state index contributed by atoms with van der Waals surface area (Å²) in [5, 5.41) is 33.0. The zero-order valence-corrected chi connectivity index (χ0v) is 19.0. The third-order valence-electron chi connectivity index (χ3n) is 8.51. The second-order valence-corrected chi connectivity index (χ2v) is 9.96. The lowest BCUT2D eigenvalue weighted by Crippen LogP contribution is -2.69. The zero-order chi connectivity index (χ0) is 24.1. The van der Waals surface area contributed by atoms with Gasteiger partial charge in [-0.1, -0.05) is 13.0 Å². The molecule has 33 heavy (non-hydrogen) atoms. The van der Waals surface area contributed by atoms with Crippen LogP contribution in [-0.4, -0.2) is 58.0 Å². The summed E-state index contributed by atoms with van der Waals surface area (Å²) in [6.07, 6.45) is 3.52. The van der Waals surface area contributed by atoms with Crippen molar-refractivity contribution in [2.24, 2.45) is 17.6 Å². The lowest BCUT2D eigenvalue weighted by molar-refractivity contribution is -0.188. The molecule has 6 atom stereocenters. The molecule has 3 aliphatic carbocycles. The molecular weight excluding hydrogens is 428 g/mol. The summed E-state index contributed by atoms with van der Waals surface area (Å²) in [4.78, 5) is 34.9. The van der Waals surface area contributed by atoms with Crippen LogP contribution in [0.5, 0.6) is 5.75 Å². The van der Waals surface area contributed by atoms with Crippen molar-refractivity contribution >= 4 is 17.8 Å². The second kappa shape index (κ2) is 8.29. The number of amides is 1. The third kappa shape index (κ3) is 3.49. The van der Waals surface area contributed by atoms with Gasteiger partial charge < -0.3 is 31.1 Å². The summed E-state index contributed by atoms with van der Waals surface area (Å²) in [7, 11) is 1.69. The average Bonchev–Trinajstić information content (AvgIpc) is 2.74. The molecule has 4 rings (SSSR count). The largest absolute Gasteiger partial charge is 0.507 e. The van der Waals surface area contributed by atoms with E-state index in [1.54, 1.807) is 13.2 Å². The molecule has 0 spiro atoms. The van der Waals surface area contributed by atoms with Gasteiger partial charge in [0.2, 0.25) is 0 Å². The van der Waals surface area contributed by atoms with Crippen LogP contribution < -0.4 is 11.1 Å². The summed E-state index contributed by atoms with van der Waals surface area (Å²) in [5.41, 5.74) is 6.02. The number of primary amides is 1. The Labute approximate surface area is 192 Å². The van der Waals surface area contributed by atoms with E-state index in [4.69, 9.17) is 15.6 Å². The minimum atomic E-state index is -1.22. The van der Waals surface area contributed by atoms with Crippen LogP contribution in [0.4, 0.5) is 0 Å². The number of methoxy groups -OCH3 is 1. The number of hydrogen-bond donors (Lipinski definition) is 5. The Balaban J connectivity index is 1.83. The lowest BCUT2D eigenvalue weighted by Gasteiger charge is -2.65. The highest BCUT2D eigenvalue weighted by molar-refractivity contribution is 5.96. The number of carbonyl (C=O) groups is 3. The van der Waals surface area contributed by atoms with E-state index < -0.39 is 41.3 Å². The molecule has 9 nitrogen and oxygen atoms in total. The number of carbonyl (C=O) groups excluding carboxylic acids is 1. The molecular formula is C24H32N2O7. The van der Waals surface area contributed by atoms with Crippen molar-refractivity contribution in [1.82, 2.24) is 5.32 Å². The normalized spacial score (nSPS) is 33.5. The van der Waals surface area contributed by atoms with E-state index in [0.29, 0.717) is 43.6 Å². The lowest BCUT2D eigenvalue weighted by atomic mass is 9.43. The molecule has 1 aromatic carbocycles. The Bertz CT molecular complexity index is 995. The Morgan fingerprint density at radius 3 is 2.58 bits per heavy atom. The fraction of sp³-hybridized carbons (Fsp3) is 0.625. The first-order chi connectivity index (χ1) is 15.6. The van der Waals surface area contributed by atoms with E-state index in [1.165, 1.54) is 0 Å². The number of phenols is 1. The minimum Gasteiger partial charge on any atom is -0.507 e. The van der Waals surface area contributed by atoms with Crippen LogP contribution in [0.2, 0.25) is 0 Å². The summed E-state index contributed by atoms with van der Waals surface area (Å²) in [6.45, 7) is 2.22. The summed E-state index contributed by atoms with van der Waals surface area (Å²) in [5.74, 6) is -2.62. The van der Waals surface area contributed by atoms with Gasteiger partial charge in [0, 0.05) is 24.1 Å². The number of aliphatic carboxylic acids is 2. The van der Waals surface area contributed by atoms with E-state index in [0.717, 1.165) is 12.0 Å². The van der Waals surface area contributed by atoms with Gasteiger partial charge in [-0.25, -0.2) is 0 Å². The quantitative estimate of drug-likeness (QED) is 0.412. The minimum absolute atomic E-state index is 0.0644. The molecule has 0 aromatic heterocycles. The fourth-order valence-corrected chi connectivity index (χ4v) is 7.16. The SMILES string of the molecule is CO[C@@]12CC[C@@H](NC(CC(=O)O)C(=O)O)C[C@@]13CCC(C)[C@@H]2Cc1ccc(C(N)=O)c(O)c13. The number of carboxylic acid groups (broad SMARTS) is 2. The number of fused-ring (bicyclic) bond motifs is 1. The molecule has 0 heterocycles.